The highest BCUT2D eigenvalue weighted by Gasteiger charge is 2.31. The van der Waals surface area contributed by atoms with E-state index >= 15 is 0 Å². The van der Waals surface area contributed by atoms with E-state index in [1.165, 1.54) is 0 Å². The summed E-state index contributed by atoms with van der Waals surface area (Å²) in [6, 6.07) is 1.70. The lowest BCUT2D eigenvalue weighted by atomic mass is 9.95. The number of carbonyl (C=O) groups is 1. The van der Waals surface area contributed by atoms with Crippen molar-refractivity contribution in [2.24, 2.45) is 7.05 Å². The van der Waals surface area contributed by atoms with Crippen LogP contribution in [0.15, 0.2) is 12.3 Å². The monoisotopic (exact) mass is 223 g/mol. The largest absolute Gasteiger partial charge is 0.388 e. The molecule has 1 amide bonds. The maximum Gasteiger partial charge on any atom is 0.274 e. The third-order valence-corrected chi connectivity index (χ3v) is 2.89. The van der Waals surface area contributed by atoms with Crippen LogP contribution >= 0.6 is 0 Å². The molecule has 1 aliphatic heterocycles. The molecule has 0 saturated carbocycles. The number of aromatic nitrogens is 2. The molecule has 5 nitrogen and oxygen atoms in total. The third-order valence-electron chi connectivity index (χ3n) is 2.89. The van der Waals surface area contributed by atoms with E-state index in [4.69, 9.17) is 0 Å². The topological polar surface area (TPSA) is 58.4 Å². The highest BCUT2D eigenvalue weighted by Crippen LogP contribution is 2.21. The number of β-amino-alcohol motifs (C(OH)–C–C–N with tert-alkyl or cyclic N) is 1. The van der Waals surface area contributed by atoms with Gasteiger partial charge in [-0.2, -0.15) is 5.10 Å². The van der Waals surface area contributed by atoms with Gasteiger partial charge in [0.15, 0.2) is 0 Å². The zero-order chi connectivity index (χ0) is 11.8. The summed E-state index contributed by atoms with van der Waals surface area (Å²) >= 11 is 0. The van der Waals surface area contributed by atoms with E-state index < -0.39 is 5.60 Å². The van der Waals surface area contributed by atoms with Crippen LogP contribution in [0.25, 0.3) is 0 Å². The minimum Gasteiger partial charge on any atom is -0.388 e. The highest BCUT2D eigenvalue weighted by molar-refractivity contribution is 5.92. The van der Waals surface area contributed by atoms with Gasteiger partial charge in [-0.1, -0.05) is 0 Å². The van der Waals surface area contributed by atoms with Crippen molar-refractivity contribution in [3.8, 4) is 0 Å². The number of nitrogens with zero attached hydrogens (tertiary/aromatic N) is 3. The van der Waals surface area contributed by atoms with E-state index in [0.717, 1.165) is 12.8 Å². The average Bonchev–Trinajstić information content (AvgIpc) is 2.62. The van der Waals surface area contributed by atoms with Gasteiger partial charge in [0, 0.05) is 26.3 Å². The Morgan fingerprint density at radius 1 is 1.62 bits per heavy atom. The molecule has 2 rings (SSSR count). The lowest BCUT2D eigenvalue weighted by molar-refractivity contribution is -0.0109. The quantitative estimate of drug-likeness (QED) is 0.750. The molecular formula is C11H17N3O2. The Hall–Kier alpha value is -1.36. The van der Waals surface area contributed by atoms with Crippen LogP contribution in [0.2, 0.25) is 0 Å². The summed E-state index contributed by atoms with van der Waals surface area (Å²) in [6.45, 7) is 2.86. The summed E-state index contributed by atoms with van der Waals surface area (Å²) < 4.78 is 1.61. The van der Waals surface area contributed by atoms with Gasteiger partial charge in [-0.15, -0.1) is 0 Å². The molecule has 0 spiro atoms. The maximum atomic E-state index is 12.0. The molecule has 2 heterocycles. The molecule has 0 aliphatic carbocycles. The van der Waals surface area contributed by atoms with Crippen molar-refractivity contribution in [1.82, 2.24) is 14.7 Å². The molecule has 5 heteroatoms. The van der Waals surface area contributed by atoms with Gasteiger partial charge in [-0.3, -0.25) is 9.48 Å². The van der Waals surface area contributed by atoms with Crippen LogP contribution in [0.3, 0.4) is 0 Å². The normalized spacial score (nSPS) is 25.8. The smallest absolute Gasteiger partial charge is 0.274 e. The Morgan fingerprint density at radius 2 is 2.38 bits per heavy atom. The first-order chi connectivity index (χ1) is 7.48. The van der Waals surface area contributed by atoms with Gasteiger partial charge in [-0.25, -0.2) is 0 Å². The van der Waals surface area contributed by atoms with Crippen LogP contribution in [0.1, 0.15) is 30.3 Å². The zero-order valence-electron chi connectivity index (χ0n) is 9.68. The molecule has 1 aromatic rings. The predicted octanol–water partition coefficient (Wildman–Crippen LogP) is 0.407. The van der Waals surface area contributed by atoms with E-state index in [9.17, 15) is 9.90 Å². The molecule has 88 valence electrons. The number of hydrogen-bond donors (Lipinski definition) is 1. The first-order valence-electron chi connectivity index (χ1n) is 5.49. The zero-order valence-corrected chi connectivity index (χ0v) is 9.68. The van der Waals surface area contributed by atoms with Crippen LogP contribution < -0.4 is 0 Å². The average molecular weight is 223 g/mol. The van der Waals surface area contributed by atoms with Crippen LogP contribution in [0.4, 0.5) is 0 Å². The number of carbonyl (C=O) groups excluding carboxylic acids is 1. The third kappa shape index (κ3) is 2.24. The second-order valence-corrected chi connectivity index (χ2v) is 4.70. The van der Waals surface area contributed by atoms with E-state index in [-0.39, 0.29) is 5.91 Å². The van der Waals surface area contributed by atoms with Gasteiger partial charge in [0.2, 0.25) is 0 Å². The van der Waals surface area contributed by atoms with Gasteiger partial charge in [-0.05, 0) is 25.8 Å². The number of rotatable bonds is 1. The number of piperidine rings is 1. The van der Waals surface area contributed by atoms with Crippen LogP contribution in [-0.4, -0.2) is 44.4 Å². The molecular weight excluding hydrogens is 206 g/mol. The van der Waals surface area contributed by atoms with Crippen molar-refractivity contribution in [2.45, 2.75) is 25.4 Å². The van der Waals surface area contributed by atoms with Gasteiger partial charge < -0.3 is 10.0 Å². The molecule has 1 fully saturated rings. The molecule has 0 radical (unpaired) electrons. The summed E-state index contributed by atoms with van der Waals surface area (Å²) in [6.07, 6.45) is 3.33. The number of hydrogen-bond acceptors (Lipinski definition) is 3. The molecule has 1 aliphatic rings. The number of aryl methyl sites for hydroxylation is 1. The number of likely N-dealkylation sites (tertiary alicyclic amines) is 1. The predicted molar refractivity (Wildman–Crippen MR) is 59.0 cm³/mol. The lowest BCUT2D eigenvalue weighted by Crippen LogP contribution is -2.48. The Kier molecular flexibility index (Phi) is 2.71. The van der Waals surface area contributed by atoms with Crippen molar-refractivity contribution in [3.05, 3.63) is 18.0 Å². The van der Waals surface area contributed by atoms with Gasteiger partial charge in [0.05, 0.1) is 5.60 Å². The second-order valence-electron chi connectivity index (χ2n) is 4.70. The molecule has 0 aromatic carbocycles. The summed E-state index contributed by atoms with van der Waals surface area (Å²) in [5.41, 5.74) is -0.317. The Bertz CT molecular complexity index is 398. The van der Waals surface area contributed by atoms with Crippen molar-refractivity contribution >= 4 is 5.91 Å². The molecule has 0 bridgehead atoms. The molecule has 1 unspecified atom stereocenters. The van der Waals surface area contributed by atoms with Gasteiger partial charge in [0.1, 0.15) is 5.69 Å². The Labute approximate surface area is 94.7 Å². The van der Waals surface area contributed by atoms with E-state index in [1.807, 2.05) is 0 Å². The second kappa shape index (κ2) is 3.90. The minimum absolute atomic E-state index is 0.0967. The van der Waals surface area contributed by atoms with Crippen LogP contribution in [0, 0.1) is 0 Å². The van der Waals surface area contributed by atoms with Crippen molar-refractivity contribution in [3.63, 3.8) is 0 Å². The number of amides is 1. The van der Waals surface area contributed by atoms with E-state index in [0.29, 0.717) is 18.8 Å². The van der Waals surface area contributed by atoms with Crippen LogP contribution in [0.5, 0.6) is 0 Å². The van der Waals surface area contributed by atoms with Crippen molar-refractivity contribution < 1.29 is 9.90 Å². The molecule has 16 heavy (non-hydrogen) atoms. The van der Waals surface area contributed by atoms with Gasteiger partial charge >= 0.3 is 0 Å². The summed E-state index contributed by atoms with van der Waals surface area (Å²) in [4.78, 5) is 13.7. The Balaban J connectivity index is 2.10. The summed E-state index contributed by atoms with van der Waals surface area (Å²) in [5, 5.41) is 14.0. The van der Waals surface area contributed by atoms with Crippen LogP contribution in [-0.2, 0) is 7.05 Å². The summed E-state index contributed by atoms with van der Waals surface area (Å²) in [5.74, 6) is -0.0967. The van der Waals surface area contributed by atoms with E-state index in [1.54, 1.807) is 35.8 Å². The maximum absolute atomic E-state index is 12.0. The van der Waals surface area contributed by atoms with Crippen molar-refractivity contribution in [1.29, 1.82) is 0 Å². The van der Waals surface area contributed by atoms with Gasteiger partial charge in [0.25, 0.3) is 5.91 Å². The minimum atomic E-state index is -0.761. The standard InChI is InChI=1S/C11H17N3O2/c1-11(16)5-3-6-14(8-11)10(15)9-4-7-13(2)12-9/h4,7,16H,3,5-6,8H2,1-2H3. The first-order valence-corrected chi connectivity index (χ1v) is 5.49. The fraction of sp³-hybridized carbons (Fsp3) is 0.636. The first kappa shape index (κ1) is 11.1. The molecule has 1 aromatic heterocycles. The Morgan fingerprint density at radius 3 is 2.94 bits per heavy atom. The fourth-order valence-electron chi connectivity index (χ4n) is 2.08. The fourth-order valence-corrected chi connectivity index (χ4v) is 2.08. The highest BCUT2D eigenvalue weighted by atomic mass is 16.3. The molecule has 1 N–H and O–H groups in total. The summed E-state index contributed by atoms with van der Waals surface area (Å²) in [7, 11) is 1.78. The van der Waals surface area contributed by atoms with Crippen molar-refractivity contribution in [2.75, 3.05) is 13.1 Å². The lowest BCUT2D eigenvalue weighted by Gasteiger charge is -2.36. The van der Waals surface area contributed by atoms with E-state index in [2.05, 4.69) is 5.10 Å². The molecule has 1 saturated heterocycles. The number of aliphatic hydroxyl groups is 1. The molecule has 1 atom stereocenters. The SMILES string of the molecule is Cn1ccc(C(=O)N2CCCC(C)(O)C2)n1.